The van der Waals surface area contributed by atoms with E-state index in [9.17, 15) is 40.5 Å². The van der Waals surface area contributed by atoms with Crippen molar-refractivity contribution in [1.29, 1.82) is 0 Å². The average molecular weight is 357 g/mol. The van der Waals surface area contributed by atoms with Crippen LogP contribution in [0.25, 0.3) is 0 Å². The third kappa shape index (κ3) is 4.35. The van der Waals surface area contributed by atoms with E-state index in [0.717, 1.165) is 0 Å². The van der Waals surface area contributed by atoms with Gasteiger partial charge in [-0.05, 0) is 0 Å². The van der Waals surface area contributed by atoms with Crippen molar-refractivity contribution in [2.75, 3.05) is 0 Å². The van der Waals surface area contributed by atoms with Gasteiger partial charge in [-0.2, -0.15) is 0 Å². The van der Waals surface area contributed by atoms with Crippen LogP contribution in [0.15, 0.2) is 11.1 Å². The summed E-state index contributed by atoms with van der Waals surface area (Å²) in [6.07, 6.45) is -9.14. The number of nitrogens with zero attached hydrogens (tertiary/aromatic N) is 2. The Kier molecular flexibility index (Phi) is 4.57. The van der Waals surface area contributed by atoms with Gasteiger partial charge in [-0.1, -0.05) is 0 Å². The van der Waals surface area contributed by atoms with Crippen molar-refractivity contribution in [3.63, 3.8) is 0 Å². The Labute approximate surface area is 116 Å². The fraction of sp³-hybridized carbons (Fsp3) is 0.286. The van der Waals surface area contributed by atoms with Crippen LogP contribution in [-0.2, 0) is 9.05 Å². The van der Waals surface area contributed by atoms with Crippen molar-refractivity contribution >= 4 is 25.4 Å². The summed E-state index contributed by atoms with van der Waals surface area (Å²) >= 11 is 0. The number of alkyl halides is 5. The maximum atomic E-state index is 12.6. The number of nitro groups is 1. The number of aromatic nitrogens is 1. The minimum atomic E-state index is -5.44. The van der Waals surface area contributed by atoms with Gasteiger partial charge in [0, 0.05) is 10.7 Å². The normalized spacial score (nSPS) is 12.5. The molecular weight excluding hydrogens is 355 g/mol. The summed E-state index contributed by atoms with van der Waals surface area (Å²) in [5, 5.41) is 8.97. The maximum Gasteiger partial charge on any atom is 0.573 e. The van der Waals surface area contributed by atoms with E-state index in [4.69, 9.17) is 10.7 Å². The van der Waals surface area contributed by atoms with Crippen molar-refractivity contribution in [3.05, 3.63) is 21.9 Å². The highest BCUT2D eigenvalue weighted by molar-refractivity contribution is 8.13. The van der Waals surface area contributed by atoms with Gasteiger partial charge in [0.25, 0.3) is 15.5 Å². The standard InChI is InChI=1S/C7H2ClF5N2O5S/c8-21(18,19)6-2(15(16)17)1-3(20-7(11,12)13)4(14-6)5(9)10/h1,5H. The van der Waals surface area contributed by atoms with Crippen molar-refractivity contribution in [3.8, 4) is 5.75 Å². The number of ether oxygens (including phenoxy) is 1. The summed E-state index contributed by atoms with van der Waals surface area (Å²) in [7, 11) is -0.178. The summed E-state index contributed by atoms with van der Waals surface area (Å²) < 4.78 is 86.5. The molecule has 0 fully saturated rings. The van der Waals surface area contributed by atoms with Crippen LogP contribution in [0.1, 0.15) is 12.1 Å². The van der Waals surface area contributed by atoms with E-state index in [0.29, 0.717) is 0 Å². The molecule has 0 saturated heterocycles. The minimum Gasteiger partial charge on any atom is -0.403 e. The molecule has 0 N–H and O–H groups in total. The molecule has 14 heteroatoms. The van der Waals surface area contributed by atoms with Gasteiger partial charge in [0.2, 0.25) is 5.03 Å². The molecule has 0 aliphatic carbocycles. The van der Waals surface area contributed by atoms with Crippen LogP contribution in [0.2, 0.25) is 0 Å². The summed E-state index contributed by atoms with van der Waals surface area (Å²) in [6.45, 7) is 0. The molecule has 0 amide bonds. The Morgan fingerprint density at radius 2 is 1.90 bits per heavy atom. The second-order valence-electron chi connectivity index (χ2n) is 3.24. The Hall–Kier alpha value is -1.76. The first-order valence-corrected chi connectivity index (χ1v) is 6.81. The van der Waals surface area contributed by atoms with Crippen molar-refractivity contribution < 1.29 is 40.0 Å². The maximum absolute atomic E-state index is 12.6. The number of halogens is 6. The summed E-state index contributed by atoms with van der Waals surface area (Å²) in [5.41, 5.74) is -3.29. The largest absolute Gasteiger partial charge is 0.573 e. The molecule has 1 rings (SSSR count). The van der Waals surface area contributed by atoms with Crippen LogP contribution < -0.4 is 4.74 Å². The van der Waals surface area contributed by atoms with Crippen LogP contribution >= 0.6 is 10.7 Å². The molecule has 1 aromatic rings. The minimum absolute atomic E-state index is 0.142. The summed E-state index contributed by atoms with van der Waals surface area (Å²) in [6, 6.07) is -0.142. The van der Waals surface area contributed by atoms with Gasteiger partial charge >= 0.3 is 12.0 Å². The first-order chi connectivity index (χ1) is 9.33. The Bertz CT molecular complexity index is 677. The van der Waals surface area contributed by atoms with Gasteiger partial charge in [-0.15, -0.1) is 13.2 Å². The fourth-order valence-corrected chi connectivity index (χ4v) is 2.09. The molecule has 1 aromatic heterocycles. The fourth-order valence-electron chi connectivity index (χ4n) is 1.15. The molecule has 0 spiro atoms. The molecule has 0 radical (unpaired) electrons. The van der Waals surface area contributed by atoms with Gasteiger partial charge < -0.3 is 4.74 Å². The SMILES string of the molecule is O=[N+]([O-])c1cc(OC(F)(F)F)c(C(F)F)nc1S(=O)(=O)Cl. The molecule has 0 aliphatic heterocycles. The van der Waals surface area contributed by atoms with E-state index in [1.165, 1.54) is 0 Å². The number of hydrogen-bond donors (Lipinski definition) is 0. The number of pyridine rings is 1. The lowest BCUT2D eigenvalue weighted by Gasteiger charge is -2.12. The van der Waals surface area contributed by atoms with E-state index >= 15 is 0 Å². The zero-order chi connectivity index (χ0) is 16.6. The predicted molar refractivity (Wildman–Crippen MR) is 55.6 cm³/mol. The van der Waals surface area contributed by atoms with E-state index in [2.05, 4.69) is 9.72 Å². The van der Waals surface area contributed by atoms with Crippen molar-refractivity contribution in [2.45, 2.75) is 17.8 Å². The molecule has 0 bridgehead atoms. The van der Waals surface area contributed by atoms with E-state index < -0.39 is 48.9 Å². The molecule has 7 nitrogen and oxygen atoms in total. The Morgan fingerprint density at radius 3 is 2.24 bits per heavy atom. The van der Waals surface area contributed by atoms with Crippen LogP contribution in [0.5, 0.6) is 5.75 Å². The monoisotopic (exact) mass is 356 g/mol. The molecule has 0 aromatic carbocycles. The van der Waals surface area contributed by atoms with Crippen LogP contribution in [0, 0.1) is 10.1 Å². The van der Waals surface area contributed by atoms with Crippen LogP contribution in [0.3, 0.4) is 0 Å². The highest BCUT2D eigenvalue weighted by Crippen LogP contribution is 2.37. The number of hydrogen-bond acceptors (Lipinski definition) is 6. The molecular formula is C7H2ClF5N2O5S. The van der Waals surface area contributed by atoms with Crippen LogP contribution in [0.4, 0.5) is 27.6 Å². The van der Waals surface area contributed by atoms with E-state index in [1.807, 2.05) is 0 Å². The molecule has 118 valence electrons. The molecule has 0 aliphatic rings. The third-order valence-corrected chi connectivity index (χ3v) is 3.02. The van der Waals surface area contributed by atoms with Gasteiger partial charge in [0.1, 0.15) is 0 Å². The van der Waals surface area contributed by atoms with E-state index in [-0.39, 0.29) is 6.07 Å². The topological polar surface area (TPSA) is 99.4 Å². The highest BCUT2D eigenvalue weighted by atomic mass is 35.7. The lowest BCUT2D eigenvalue weighted by molar-refractivity contribution is -0.388. The molecule has 0 atom stereocenters. The highest BCUT2D eigenvalue weighted by Gasteiger charge is 2.37. The second kappa shape index (κ2) is 5.55. The molecule has 1 heterocycles. The third-order valence-electron chi connectivity index (χ3n) is 1.82. The van der Waals surface area contributed by atoms with E-state index in [1.54, 1.807) is 0 Å². The van der Waals surface area contributed by atoms with Gasteiger partial charge in [0.05, 0.1) is 11.0 Å². The first kappa shape index (κ1) is 17.3. The lowest BCUT2D eigenvalue weighted by atomic mass is 10.3. The van der Waals surface area contributed by atoms with Gasteiger partial charge in [-0.3, -0.25) is 10.1 Å². The predicted octanol–water partition coefficient (Wildman–Crippen LogP) is 2.75. The lowest BCUT2D eigenvalue weighted by Crippen LogP contribution is -2.19. The van der Waals surface area contributed by atoms with Crippen LogP contribution in [-0.4, -0.2) is 24.7 Å². The number of rotatable bonds is 4. The molecule has 0 saturated carbocycles. The summed E-state index contributed by atoms with van der Waals surface area (Å²) in [4.78, 5) is 11.7. The smallest absolute Gasteiger partial charge is 0.403 e. The zero-order valence-corrected chi connectivity index (χ0v) is 10.8. The quantitative estimate of drug-likeness (QED) is 0.356. The second-order valence-corrected chi connectivity index (χ2v) is 5.72. The zero-order valence-electron chi connectivity index (χ0n) is 9.27. The first-order valence-electron chi connectivity index (χ1n) is 4.51. The Balaban J connectivity index is 3.67. The Morgan fingerprint density at radius 1 is 1.38 bits per heavy atom. The average Bonchev–Trinajstić information content (AvgIpc) is 2.23. The van der Waals surface area contributed by atoms with Crippen molar-refractivity contribution in [1.82, 2.24) is 4.98 Å². The van der Waals surface area contributed by atoms with Gasteiger partial charge in [0.15, 0.2) is 11.4 Å². The summed E-state index contributed by atoms with van der Waals surface area (Å²) in [5.74, 6) is -1.70. The van der Waals surface area contributed by atoms with Gasteiger partial charge in [-0.25, -0.2) is 22.2 Å². The molecule has 0 unspecified atom stereocenters. The van der Waals surface area contributed by atoms with Crippen molar-refractivity contribution in [2.24, 2.45) is 0 Å². The molecule has 21 heavy (non-hydrogen) atoms.